The molecule has 0 aliphatic heterocycles. The van der Waals surface area contributed by atoms with E-state index in [4.69, 9.17) is 4.74 Å². The van der Waals surface area contributed by atoms with Gasteiger partial charge in [0, 0.05) is 13.1 Å². The van der Waals surface area contributed by atoms with Crippen LogP contribution in [0.3, 0.4) is 0 Å². The Kier molecular flexibility index (Phi) is 6.02. The van der Waals surface area contributed by atoms with E-state index >= 15 is 0 Å². The van der Waals surface area contributed by atoms with Gasteiger partial charge in [-0.25, -0.2) is 4.39 Å². The van der Waals surface area contributed by atoms with Gasteiger partial charge in [0.25, 0.3) is 5.91 Å². The molecule has 0 fully saturated rings. The molecule has 0 heterocycles. The number of nitrogens with zero attached hydrogens (tertiary/aromatic N) is 1. The molecule has 0 aromatic heterocycles. The maximum atomic E-state index is 12.9. The summed E-state index contributed by atoms with van der Waals surface area (Å²) >= 11 is 3.19. The summed E-state index contributed by atoms with van der Waals surface area (Å²) in [6, 6.07) is 4.07. The number of likely N-dealkylation sites (N-methyl/N-ethyl adjacent to an activating group) is 1. The predicted octanol–water partition coefficient (Wildman–Crippen LogP) is 3.39. The Morgan fingerprint density at radius 3 is 2.74 bits per heavy atom. The van der Waals surface area contributed by atoms with E-state index in [1.165, 1.54) is 18.2 Å². The molecule has 1 aromatic carbocycles. The van der Waals surface area contributed by atoms with Crippen molar-refractivity contribution in [2.45, 2.75) is 13.8 Å². The second kappa shape index (κ2) is 7.28. The smallest absolute Gasteiger partial charge is 0.260 e. The lowest BCUT2D eigenvalue weighted by Crippen LogP contribution is -2.35. The van der Waals surface area contributed by atoms with Crippen LogP contribution in [-0.2, 0) is 4.79 Å². The normalized spacial score (nSPS) is 10.1. The molecule has 0 spiro atoms. The zero-order valence-electron chi connectivity index (χ0n) is 11.1. The molecule has 0 aliphatic rings. The topological polar surface area (TPSA) is 29.5 Å². The lowest BCUT2D eigenvalue weighted by atomic mass is 10.3. The first-order chi connectivity index (χ1) is 8.93. The third-order valence-electron chi connectivity index (χ3n) is 2.44. The number of carbonyl (C=O) groups excluding carboxylic acids is 1. The molecule has 0 unspecified atom stereocenters. The SMILES string of the molecule is C=C(C)CN(CC)C(=O)COc1ccc(F)cc1Br. The van der Waals surface area contributed by atoms with Crippen LogP contribution in [-0.4, -0.2) is 30.5 Å². The standard InChI is InChI=1S/C14H17BrFNO2/c1-4-17(8-10(2)3)14(18)9-19-13-6-5-11(16)7-12(13)15/h5-7H,2,4,8-9H2,1,3H3. The summed E-state index contributed by atoms with van der Waals surface area (Å²) < 4.78 is 18.8. The van der Waals surface area contributed by atoms with Crippen LogP contribution in [0.1, 0.15) is 13.8 Å². The fourth-order valence-corrected chi connectivity index (χ4v) is 1.99. The van der Waals surface area contributed by atoms with Gasteiger partial charge in [0.05, 0.1) is 4.47 Å². The van der Waals surface area contributed by atoms with Crippen LogP contribution < -0.4 is 4.74 Å². The minimum atomic E-state index is -0.358. The Morgan fingerprint density at radius 1 is 1.53 bits per heavy atom. The van der Waals surface area contributed by atoms with E-state index in [9.17, 15) is 9.18 Å². The number of halogens is 2. The number of hydrogen-bond donors (Lipinski definition) is 0. The Morgan fingerprint density at radius 2 is 2.21 bits per heavy atom. The minimum absolute atomic E-state index is 0.0780. The van der Waals surface area contributed by atoms with Crippen molar-refractivity contribution >= 4 is 21.8 Å². The quantitative estimate of drug-likeness (QED) is 0.749. The highest BCUT2D eigenvalue weighted by Crippen LogP contribution is 2.25. The summed E-state index contributed by atoms with van der Waals surface area (Å²) in [5.74, 6) is -0.0362. The molecule has 0 N–H and O–H groups in total. The maximum absolute atomic E-state index is 12.9. The molecule has 5 heteroatoms. The number of ether oxygens (including phenoxy) is 1. The molecule has 0 aliphatic carbocycles. The summed E-state index contributed by atoms with van der Waals surface area (Å²) in [6.07, 6.45) is 0. The molecule has 1 amide bonds. The summed E-state index contributed by atoms with van der Waals surface area (Å²) in [5, 5.41) is 0. The molecule has 0 radical (unpaired) electrons. The Labute approximate surface area is 121 Å². The van der Waals surface area contributed by atoms with Gasteiger partial charge in [-0.05, 0) is 48.0 Å². The second-order valence-corrected chi connectivity index (χ2v) is 5.08. The molecule has 1 rings (SSSR count). The molecule has 104 valence electrons. The summed E-state index contributed by atoms with van der Waals surface area (Å²) in [4.78, 5) is 13.6. The van der Waals surface area contributed by atoms with Crippen LogP contribution >= 0.6 is 15.9 Å². The first-order valence-corrected chi connectivity index (χ1v) is 6.73. The van der Waals surface area contributed by atoms with Crippen molar-refractivity contribution in [1.82, 2.24) is 4.90 Å². The minimum Gasteiger partial charge on any atom is -0.483 e. The van der Waals surface area contributed by atoms with Crippen molar-refractivity contribution in [1.29, 1.82) is 0 Å². The van der Waals surface area contributed by atoms with Crippen molar-refractivity contribution in [2.75, 3.05) is 19.7 Å². The first-order valence-electron chi connectivity index (χ1n) is 5.94. The third-order valence-corrected chi connectivity index (χ3v) is 3.06. The molecule has 0 saturated carbocycles. The van der Waals surface area contributed by atoms with Crippen molar-refractivity contribution in [3.05, 3.63) is 40.6 Å². The maximum Gasteiger partial charge on any atom is 0.260 e. The molecular formula is C14H17BrFNO2. The van der Waals surface area contributed by atoms with E-state index in [-0.39, 0.29) is 18.3 Å². The zero-order chi connectivity index (χ0) is 14.4. The summed E-state index contributed by atoms with van der Waals surface area (Å²) in [5.41, 5.74) is 0.915. The van der Waals surface area contributed by atoms with Gasteiger partial charge in [-0.1, -0.05) is 12.2 Å². The molecule has 0 atom stereocenters. The van der Waals surface area contributed by atoms with E-state index in [0.29, 0.717) is 23.3 Å². The van der Waals surface area contributed by atoms with Crippen LogP contribution in [0.4, 0.5) is 4.39 Å². The molecule has 0 bridgehead atoms. The summed E-state index contributed by atoms with van der Waals surface area (Å²) in [7, 11) is 0. The average molecular weight is 330 g/mol. The predicted molar refractivity (Wildman–Crippen MR) is 76.7 cm³/mol. The molecule has 3 nitrogen and oxygen atoms in total. The van der Waals surface area contributed by atoms with Gasteiger partial charge in [-0.15, -0.1) is 0 Å². The van der Waals surface area contributed by atoms with Gasteiger partial charge in [-0.2, -0.15) is 0 Å². The highest BCUT2D eigenvalue weighted by Gasteiger charge is 2.13. The van der Waals surface area contributed by atoms with Crippen molar-refractivity contribution in [3.63, 3.8) is 0 Å². The highest BCUT2D eigenvalue weighted by atomic mass is 79.9. The van der Waals surface area contributed by atoms with E-state index in [1.807, 2.05) is 13.8 Å². The summed E-state index contributed by atoms with van der Waals surface area (Å²) in [6.45, 7) is 8.59. The monoisotopic (exact) mass is 329 g/mol. The van der Waals surface area contributed by atoms with Crippen LogP contribution in [0.2, 0.25) is 0 Å². The number of hydrogen-bond acceptors (Lipinski definition) is 2. The Balaban J connectivity index is 2.60. The Hall–Kier alpha value is -1.36. The molecule has 1 aromatic rings. The van der Waals surface area contributed by atoms with Crippen molar-refractivity contribution in [2.24, 2.45) is 0 Å². The van der Waals surface area contributed by atoms with Crippen LogP contribution in [0, 0.1) is 5.82 Å². The average Bonchev–Trinajstić information content (AvgIpc) is 2.34. The van der Waals surface area contributed by atoms with Crippen LogP contribution in [0.5, 0.6) is 5.75 Å². The fourth-order valence-electron chi connectivity index (χ4n) is 1.53. The van der Waals surface area contributed by atoms with Crippen LogP contribution in [0.15, 0.2) is 34.8 Å². The second-order valence-electron chi connectivity index (χ2n) is 4.23. The Bertz CT molecular complexity index is 477. The van der Waals surface area contributed by atoms with Crippen molar-refractivity contribution in [3.8, 4) is 5.75 Å². The highest BCUT2D eigenvalue weighted by molar-refractivity contribution is 9.10. The third kappa shape index (κ3) is 5.03. The first kappa shape index (κ1) is 15.7. The number of amides is 1. The molecule has 0 saturated heterocycles. The number of carbonyl (C=O) groups is 1. The van der Waals surface area contributed by atoms with Crippen LogP contribution in [0.25, 0.3) is 0 Å². The molecule has 19 heavy (non-hydrogen) atoms. The van der Waals surface area contributed by atoms with E-state index in [0.717, 1.165) is 5.57 Å². The lowest BCUT2D eigenvalue weighted by molar-refractivity contribution is -0.132. The number of benzene rings is 1. The van der Waals surface area contributed by atoms with Gasteiger partial charge in [-0.3, -0.25) is 4.79 Å². The molecular weight excluding hydrogens is 313 g/mol. The van der Waals surface area contributed by atoms with Crippen molar-refractivity contribution < 1.29 is 13.9 Å². The van der Waals surface area contributed by atoms with E-state index < -0.39 is 0 Å². The largest absolute Gasteiger partial charge is 0.483 e. The van der Waals surface area contributed by atoms with Gasteiger partial charge in [0.15, 0.2) is 6.61 Å². The zero-order valence-corrected chi connectivity index (χ0v) is 12.7. The van der Waals surface area contributed by atoms with Gasteiger partial charge < -0.3 is 9.64 Å². The van der Waals surface area contributed by atoms with E-state index in [1.54, 1.807) is 4.90 Å². The number of rotatable bonds is 6. The van der Waals surface area contributed by atoms with E-state index in [2.05, 4.69) is 22.5 Å². The van der Waals surface area contributed by atoms with Gasteiger partial charge in [0.2, 0.25) is 0 Å². The van der Waals surface area contributed by atoms with Gasteiger partial charge in [0.1, 0.15) is 11.6 Å². The lowest BCUT2D eigenvalue weighted by Gasteiger charge is -2.21. The van der Waals surface area contributed by atoms with Gasteiger partial charge >= 0.3 is 0 Å². The fraction of sp³-hybridized carbons (Fsp3) is 0.357.